The molecule has 1 atom stereocenters. The van der Waals surface area contributed by atoms with E-state index in [2.05, 4.69) is 36.7 Å². The predicted molar refractivity (Wildman–Crippen MR) is 82.7 cm³/mol. The minimum Gasteiger partial charge on any atom is -0.356 e. The van der Waals surface area contributed by atoms with Crippen molar-refractivity contribution >= 4 is 5.82 Å². The van der Waals surface area contributed by atoms with Crippen LogP contribution in [0.25, 0.3) is 0 Å². The van der Waals surface area contributed by atoms with Gasteiger partial charge in [0, 0.05) is 18.8 Å². The molecule has 1 aromatic heterocycles. The second kappa shape index (κ2) is 5.83. The highest BCUT2D eigenvalue weighted by Crippen LogP contribution is 2.35. The second-order valence-corrected chi connectivity index (χ2v) is 6.92. The van der Waals surface area contributed by atoms with Gasteiger partial charge in [0.15, 0.2) is 0 Å². The molecular weight excluding hydrogens is 246 g/mol. The molecule has 0 spiro atoms. The topological polar surface area (TPSA) is 39.9 Å². The van der Waals surface area contributed by atoms with Gasteiger partial charge in [0.05, 0.1) is 5.56 Å². The normalized spacial score (nSPS) is 20.4. The molecule has 3 heteroatoms. The maximum atomic E-state index is 9.27. The number of nitriles is 1. The summed E-state index contributed by atoms with van der Waals surface area (Å²) < 4.78 is 0. The van der Waals surface area contributed by atoms with E-state index < -0.39 is 0 Å². The van der Waals surface area contributed by atoms with Gasteiger partial charge in [-0.05, 0) is 49.7 Å². The maximum Gasteiger partial charge on any atom is 0.146 e. The number of anilines is 1. The highest BCUT2D eigenvalue weighted by atomic mass is 15.2. The molecule has 0 N–H and O–H groups in total. The molecule has 0 aromatic carbocycles. The number of pyridine rings is 1. The van der Waals surface area contributed by atoms with Gasteiger partial charge in [-0.2, -0.15) is 5.26 Å². The lowest BCUT2D eigenvalue weighted by molar-refractivity contribution is 0.220. The molecule has 2 heterocycles. The lowest BCUT2D eigenvalue weighted by atomic mass is 9.77. The van der Waals surface area contributed by atoms with Crippen LogP contribution in [0.1, 0.15) is 51.3 Å². The van der Waals surface area contributed by atoms with E-state index in [0.29, 0.717) is 11.0 Å². The van der Waals surface area contributed by atoms with Crippen LogP contribution in [0.2, 0.25) is 0 Å². The lowest BCUT2D eigenvalue weighted by Crippen LogP contribution is -2.27. The first kappa shape index (κ1) is 14.8. The van der Waals surface area contributed by atoms with Gasteiger partial charge in [0.1, 0.15) is 11.9 Å². The molecule has 1 saturated heterocycles. The Balaban J connectivity index is 2.19. The fraction of sp³-hybridized carbons (Fsp3) is 0.647. The summed E-state index contributed by atoms with van der Waals surface area (Å²) in [4.78, 5) is 6.90. The summed E-state index contributed by atoms with van der Waals surface area (Å²) >= 11 is 0. The number of hydrogen-bond donors (Lipinski definition) is 0. The molecule has 0 bridgehead atoms. The summed E-state index contributed by atoms with van der Waals surface area (Å²) in [6, 6.07) is 6.08. The summed E-state index contributed by atoms with van der Waals surface area (Å²) in [6.07, 6.45) is 3.64. The van der Waals surface area contributed by atoms with Crippen LogP contribution in [0, 0.1) is 29.6 Å². The minimum atomic E-state index is 0.369. The fourth-order valence-corrected chi connectivity index (χ4v) is 3.05. The molecule has 0 amide bonds. The monoisotopic (exact) mass is 271 g/mol. The van der Waals surface area contributed by atoms with E-state index in [1.807, 2.05) is 19.1 Å². The Hall–Kier alpha value is -1.56. The van der Waals surface area contributed by atoms with Crippen molar-refractivity contribution in [2.24, 2.45) is 11.3 Å². The Kier molecular flexibility index (Phi) is 4.32. The molecule has 1 aliphatic rings. The first-order valence-electron chi connectivity index (χ1n) is 7.54. The molecule has 2 rings (SSSR count). The number of nitrogens with zero attached hydrogens (tertiary/aromatic N) is 3. The second-order valence-electron chi connectivity index (χ2n) is 6.92. The van der Waals surface area contributed by atoms with Gasteiger partial charge >= 0.3 is 0 Å². The molecule has 1 aromatic rings. The van der Waals surface area contributed by atoms with Gasteiger partial charge in [-0.3, -0.25) is 0 Å². The van der Waals surface area contributed by atoms with Crippen molar-refractivity contribution in [3.05, 3.63) is 23.4 Å². The number of aryl methyl sites for hydroxylation is 1. The standard InChI is InChI=1S/C17H25N3/c1-13-7-8-14(12-18)16(19-13)20-10-5-6-15(9-11-20)17(2,3)4/h7-8,15H,5-6,9-11H2,1-4H3. The van der Waals surface area contributed by atoms with Crippen LogP contribution < -0.4 is 4.90 Å². The van der Waals surface area contributed by atoms with Gasteiger partial charge in [0.2, 0.25) is 0 Å². The van der Waals surface area contributed by atoms with Crippen LogP contribution in [-0.2, 0) is 0 Å². The summed E-state index contributed by atoms with van der Waals surface area (Å²) in [6.45, 7) is 11.0. The summed E-state index contributed by atoms with van der Waals surface area (Å²) in [7, 11) is 0. The molecule has 0 radical (unpaired) electrons. The molecule has 1 fully saturated rings. The van der Waals surface area contributed by atoms with Gasteiger partial charge in [-0.1, -0.05) is 20.8 Å². The molecule has 3 nitrogen and oxygen atoms in total. The first-order valence-corrected chi connectivity index (χ1v) is 7.54. The van der Waals surface area contributed by atoms with Crippen LogP contribution in [0.15, 0.2) is 12.1 Å². The van der Waals surface area contributed by atoms with E-state index in [-0.39, 0.29) is 0 Å². The average Bonchev–Trinajstić information content (AvgIpc) is 2.63. The maximum absolute atomic E-state index is 9.27. The van der Waals surface area contributed by atoms with Crippen molar-refractivity contribution in [2.75, 3.05) is 18.0 Å². The predicted octanol–water partition coefficient (Wildman–Crippen LogP) is 3.91. The number of hydrogen-bond acceptors (Lipinski definition) is 3. The molecule has 108 valence electrons. The number of rotatable bonds is 1. The van der Waals surface area contributed by atoms with E-state index in [4.69, 9.17) is 0 Å². The van der Waals surface area contributed by atoms with Crippen molar-refractivity contribution < 1.29 is 0 Å². The van der Waals surface area contributed by atoms with E-state index in [1.54, 1.807) is 0 Å². The van der Waals surface area contributed by atoms with Crippen molar-refractivity contribution in [1.29, 1.82) is 5.26 Å². The van der Waals surface area contributed by atoms with Crippen molar-refractivity contribution in [3.63, 3.8) is 0 Å². The zero-order valence-corrected chi connectivity index (χ0v) is 13.1. The molecule has 1 unspecified atom stereocenters. The Labute approximate surface area is 122 Å². The Morgan fingerprint density at radius 2 is 2.00 bits per heavy atom. The smallest absolute Gasteiger partial charge is 0.146 e. The first-order chi connectivity index (χ1) is 9.41. The Bertz CT molecular complexity index is 508. The van der Waals surface area contributed by atoms with E-state index >= 15 is 0 Å². The highest BCUT2D eigenvalue weighted by Gasteiger charge is 2.28. The van der Waals surface area contributed by atoms with Crippen LogP contribution in [0.5, 0.6) is 0 Å². The van der Waals surface area contributed by atoms with Gasteiger partial charge in [-0.25, -0.2) is 4.98 Å². The van der Waals surface area contributed by atoms with Crippen LogP contribution in [-0.4, -0.2) is 18.1 Å². The summed E-state index contributed by atoms with van der Waals surface area (Å²) in [5.41, 5.74) is 2.05. The zero-order valence-electron chi connectivity index (χ0n) is 13.1. The third kappa shape index (κ3) is 3.30. The third-order valence-corrected chi connectivity index (χ3v) is 4.39. The van der Waals surface area contributed by atoms with Crippen molar-refractivity contribution in [1.82, 2.24) is 4.98 Å². The molecule has 0 aliphatic carbocycles. The summed E-state index contributed by atoms with van der Waals surface area (Å²) in [5, 5.41) is 9.27. The minimum absolute atomic E-state index is 0.369. The highest BCUT2D eigenvalue weighted by molar-refractivity contribution is 5.54. The SMILES string of the molecule is Cc1ccc(C#N)c(N2CCCC(C(C)(C)C)CC2)n1. The lowest BCUT2D eigenvalue weighted by Gasteiger charge is -2.30. The molecular formula is C17H25N3. The van der Waals surface area contributed by atoms with Crippen LogP contribution >= 0.6 is 0 Å². The van der Waals surface area contributed by atoms with E-state index in [0.717, 1.165) is 30.5 Å². The van der Waals surface area contributed by atoms with Crippen LogP contribution in [0.4, 0.5) is 5.82 Å². The Morgan fingerprint density at radius 1 is 1.25 bits per heavy atom. The fourth-order valence-electron chi connectivity index (χ4n) is 3.05. The summed E-state index contributed by atoms with van der Waals surface area (Å²) in [5.74, 6) is 1.63. The number of aromatic nitrogens is 1. The van der Waals surface area contributed by atoms with Gasteiger partial charge in [0.25, 0.3) is 0 Å². The molecule has 0 saturated carbocycles. The average molecular weight is 271 g/mol. The van der Waals surface area contributed by atoms with E-state index in [9.17, 15) is 5.26 Å². The van der Waals surface area contributed by atoms with Crippen LogP contribution in [0.3, 0.4) is 0 Å². The molecule has 20 heavy (non-hydrogen) atoms. The van der Waals surface area contributed by atoms with Gasteiger partial charge in [-0.15, -0.1) is 0 Å². The largest absolute Gasteiger partial charge is 0.356 e. The zero-order chi connectivity index (χ0) is 14.8. The van der Waals surface area contributed by atoms with Crippen molar-refractivity contribution in [3.8, 4) is 6.07 Å². The quantitative estimate of drug-likeness (QED) is 0.777. The Morgan fingerprint density at radius 3 is 2.65 bits per heavy atom. The van der Waals surface area contributed by atoms with E-state index in [1.165, 1.54) is 19.3 Å². The van der Waals surface area contributed by atoms with Gasteiger partial charge < -0.3 is 4.90 Å². The molecule has 1 aliphatic heterocycles. The third-order valence-electron chi connectivity index (χ3n) is 4.39. The van der Waals surface area contributed by atoms with Crippen molar-refractivity contribution in [2.45, 2.75) is 47.0 Å².